The Balaban J connectivity index is 0. The van der Waals surface area contributed by atoms with E-state index >= 15 is 0 Å². The lowest BCUT2D eigenvalue weighted by atomic mass is 10.1. The Labute approximate surface area is 174 Å². The van der Waals surface area contributed by atoms with E-state index in [0.29, 0.717) is 6.61 Å². The largest absolute Gasteiger partial charge is 0.396 e. The van der Waals surface area contributed by atoms with Gasteiger partial charge < -0.3 is 5.11 Å². The van der Waals surface area contributed by atoms with Gasteiger partial charge >= 0.3 is 0 Å². The highest BCUT2D eigenvalue weighted by Crippen LogP contribution is 2.10. The number of hydrogen-bond acceptors (Lipinski definition) is 3. The fourth-order valence-corrected chi connectivity index (χ4v) is 3.02. The summed E-state index contributed by atoms with van der Waals surface area (Å²) in [4.78, 5) is -0.0741. The predicted molar refractivity (Wildman–Crippen MR) is 120 cm³/mol. The lowest BCUT2D eigenvalue weighted by molar-refractivity contribution is 0.284. The molecule has 4 nitrogen and oxygen atoms in total. The Morgan fingerprint density at radius 1 is 0.643 bits per heavy atom. The smallest absolute Gasteiger partial charge is 0.294 e. The minimum absolute atomic E-state index is 0.0741. The molecule has 0 spiro atoms. The van der Waals surface area contributed by atoms with E-state index in [4.69, 9.17) is 9.66 Å². The van der Waals surface area contributed by atoms with Crippen LogP contribution in [0.2, 0.25) is 0 Å². The van der Waals surface area contributed by atoms with Gasteiger partial charge in [0.05, 0.1) is 4.90 Å². The van der Waals surface area contributed by atoms with Crippen LogP contribution in [0.4, 0.5) is 0 Å². The van der Waals surface area contributed by atoms with Crippen LogP contribution in [-0.2, 0) is 10.1 Å². The lowest BCUT2D eigenvalue weighted by Crippen LogP contribution is -1.96. The zero-order valence-electron chi connectivity index (χ0n) is 18.4. The molecule has 0 saturated carbocycles. The molecule has 0 radical (unpaired) electrons. The summed E-state index contributed by atoms with van der Waals surface area (Å²) in [5.74, 6) is 0. The minimum Gasteiger partial charge on any atom is -0.396 e. The molecule has 0 heterocycles. The second-order valence-electron chi connectivity index (χ2n) is 7.05. The minimum atomic E-state index is -4.00. The third-order valence-electron chi connectivity index (χ3n) is 4.26. The van der Waals surface area contributed by atoms with E-state index in [-0.39, 0.29) is 4.90 Å². The molecule has 1 aromatic carbocycles. The summed E-state index contributed by atoms with van der Waals surface area (Å²) in [5.41, 5.74) is 0. The second-order valence-corrected chi connectivity index (χ2v) is 8.47. The van der Waals surface area contributed by atoms with E-state index in [0.717, 1.165) is 12.8 Å². The number of hydrogen-bond donors (Lipinski definition) is 2. The second kappa shape index (κ2) is 22.4. The monoisotopic (exact) mass is 416 g/mol. The molecule has 0 aliphatic carbocycles. The standard InChI is InChI=1S/C12H26.C6H6O3S.C5H12O/c1-3-5-7-9-11-12-10-8-6-4-2;7-10(8,9)6-4-2-1-3-5-6;1-2-3-4-5-6/h3-12H2,1-2H3;1-5H,(H,7,8,9);6H,2-5H2,1H3. The first kappa shape index (κ1) is 29.3. The zero-order valence-corrected chi connectivity index (χ0v) is 19.2. The topological polar surface area (TPSA) is 74.6 Å². The van der Waals surface area contributed by atoms with Crippen molar-refractivity contribution in [3.63, 3.8) is 0 Å². The van der Waals surface area contributed by atoms with Crippen molar-refractivity contribution in [2.24, 2.45) is 0 Å². The van der Waals surface area contributed by atoms with E-state index in [2.05, 4.69) is 20.8 Å². The maximum atomic E-state index is 10.4. The van der Waals surface area contributed by atoms with Gasteiger partial charge in [-0.1, -0.05) is 116 Å². The molecule has 0 atom stereocenters. The van der Waals surface area contributed by atoms with Crippen LogP contribution in [0.15, 0.2) is 35.2 Å². The summed E-state index contributed by atoms with van der Waals surface area (Å²) in [6.45, 7) is 7.03. The van der Waals surface area contributed by atoms with Crippen LogP contribution in [0.5, 0.6) is 0 Å². The van der Waals surface area contributed by atoms with Crippen LogP contribution in [0.25, 0.3) is 0 Å². The molecule has 1 aromatic rings. The molecule has 2 N–H and O–H groups in total. The predicted octanol–water partition coefficient (Wildman–Crippen LogP) is 7.03. The molecular formula is C23H44O4S. The summed E-state index contributed by atoms with van der Waals surface area (Å²) in [6.07, 6.45) is 17.8. The van der Waals surface area contributed by atoms with E-state index in [1.165, 1.54) is 82.8 Å². The van der Waals surface area contributed by atoms with Crippen LogP contribution in [0, 0.1) is 0 Å². The Morgan fingerprint density at radius 2 is 1.00 bits per heavy atom. The Hall–Kier alpha value is -0.910. The van der Waals surface area contributed by atoms with Gasteiger partial charge in [0, 0.05) is 6.61 Å². The van der Waals surface area contributed by atoms with Crippen molar-refractivity contribution >= 4 is 10.1 Å². The van der Waals surface area contributed by atoms with E-state index in [9.17, 15) is 8.42 Å². The molecule has 0 unspecified atom stereocenters. The Bertz CT molecular complexity index is 487. The van der Waals surface area contributed by atoms with Crippen molar-refractivity contribution in [3.05, 3.63) is 30.3 Å². The molecule has 0 fully saturated rings. The molecule has 0 saturated heterocycles. The number of rotatable bonds is 13. The molecule has 5 heteroatoms. The number of unbranched alkanes of at least 4 members (excludes halogenated alkanes) is 11. The number of benzene rings is 1. The van der Waals surface area contributed by atoms with Crippen molar-refractivity contribution in [3.8, 4) is 0 Å². The molecule has 0 aliphatic rings. The molecule has 0 amide bonds. The van der Waals surface area contributed by atoms with E-state index in [1.54, 1.807) is 18.2 Å². The van der Waals surface area contributed by atoms with Gasteiger partial charge in [0.1, 0.15) is 0 Å². The molecular weight excluding hydrogens is 372 g/mol. The fourth-order valence-electron chi connectivity index (χ4n) is 2.51. The van der Waals surface area contributed by atoms with Crippen molar-refractivity contribution < 1.29 is 18.1 Å². The fraction of sp³-hybridized carbons (Fsp3) is 0.739. The van der Waals surface area contributed by atoms with Gasteiger partial charge in [0.2, 0.25) is 0 Å². The first-order valence-corrected chi connectivity index (χ1v) is 12.5. The average Bonchev–Trinajstić information content (AvgIpc) is 2.69. The van der Waals surface area contributed by atoms with Gasteiger partial charge in [-0.25, -0.2) is 0 Å². The van der Waals surface area contributed by atoms with Crippen molar-refractivity contribution in [2.75, 3.05) is 6.61 Å². The molecule has 0 aliphatic heterocycles. The van der Waals surface area contributed by atoms with Gasteiger partial charge in [-0.3, -0.25) is 4.55 Å². The zero-order chi connectivity index (χ0) is 21.5. The Kier molecular flexibility index (Phi) is 23.4. The molecule has 1 rings (SSSR count). The molecule has 0 aromatic heterocycles. The van der Waals surface area contributed by atoms with E-state index < -0.39 is 10.1 Å². The highest BCUT2D eigenvalue weighted by atomic mass is 32.2. The van der Waals surface area contributed by atoms with Crippen LogP contribution in [0.3, 0.4) is 0 Å². The quantitative estimate of drug-likeness (QED) is 0.267. The average molecular weight is 417 g/mol. The van der Waals surface area contributed by atoms with Gasteiger partial charge in [-0.15, -0.1) is 0 Å². The summed E-state index contributed by atoms with van der Waals surface area (Å²) in [7, 11) is -4.00. The van der Waals surface area contributed by atoms with Crippen LogP contribution >= 0.6 is 0 Å². The lowest BCUT2D eigenvalue weighted by Gasteiger charge is -1.99. The third-order valence-corrected chi connectivity index (χ3v) is 5.13. The number of aliphatic hydroxyl groups excluding tert-OH is 1. The summed E-state index contributed by atoms with van der Waals surface area (Å²) in [6, 6.07) is 7.42. The van der Waals surface area contributed by atoms with Gasteiger partial charge in [0.15, 0.2) is 0 Å². The number of aliphatic hydroxyl groups is 1. The summed E-state index contributed by atoms with van der Waals surface area (Å²) >= 11 is 0. The highest BCUT2D eigenvalue weighted by Gasteiger charge is 2.05. The summed E-state index contributed by atoms with van der Waals surface area (Å²) < 4.78 is 29.2. The first-order chi connectivity index (χ1) is 13.4. The van der Waals surface area contributed by atoms with E-state index in [1.807, 2.05) is 0 Å². The summed E-state index contributed by atoms with van der Waals surface area (Å²) in [5, 5.41) is 8.20. The van der Waals surface area contributed by atoms with Crippen LogP contribution < -0.4 is 0 Å². The molecule has 166 valence electrons. The SMILES string of the molecule is CCCCCCCCCCCC.CCCCCO.O=S(=O)(O)c1ccccc1. The first-order valence-electron chi connectivity index (χ1n) is 11.1. The van der Waals surface area contributed by atoms with Gasteiger partial charge in [0.25, 0.3) is 10.1 Å². The highest BCUT2D eigenvalue weighted by molar-refractivity contribution is 7.85. The maximum Gasteiger partial charge on any atom is 0.294 e. The van der Waals surface area contributed by atoms with Gasteiger partial charge in [-0.05, 0) is 18.6 Å². The molecule has 28 heavy (non-hydrogen) atoms. The van der Waals surface area contributed by atoms with Crippen molar-refractivity contribution in [1.82, 2.24) is 0 Å². The molecule has 0 bridgehead atoms. The van der Waals surface area contributed by atoms with Crippen molar-refractivity contribution in [2.45, 2.75) is 109 Å². The Morgan fingerprint density at radius 3 is 1.25 bits per heavy atom. The van der Waals surface area contributed by atoms with Crippen LogP contribution in [-0.4, -0.2) is 24.7 Å². The normalized spacial score (nSPS) is 10.5. The van der Waals surface area contributed by atoms with Gasteiger partial charge in [-0.2, -0.15) is 8.42 Å². The van der Waals surface area contributed by atoms with Crippen LogP contribution in [0.1, 0.15) is 104 Å². The third kappa shape index (κ3) is 23.1. The maximum absolute atomic E-state index is 10.4. The van der Waals surface area contributed by atoms with Crippen molar-refractivity contribution in [1.29, 1.82) is 0 Å².